The van der Waals surface area contributed by atoms with Crippen LogP contribution in [0.1, 0.15) is 22.7 Å². The monoisotopic (exact) mass is 304 g/mol. The SMILES string of the molecule is N[C@@H]1CCN(C(=O)c2ccc(COc3ccc(F)cc3)o2)C1. The van der Waals surface area contributed by atoms with Crippen LogP contribution >= 0.6 is 0 Å². The minimum atomic E-state index is -0.318. The van der Waals surface area contributed by atoms with E-state index in [1.807, 2.05) is 0 Å². The number of hydrogen-bond acceptors (Lipinski definition) is 4. The van der Waals surface area contributed by atoms with Crippen LogP contribution in [0, 0.1) is 5.82 Å². The summed E-state index contributed by atoms with van der Waals surface area (Å²) in [6.45, 7) is 1.39. The lowest BCUT2D eigenvalue weighted by molar-refractivity contribution is 0.0755. The number of nitrogens with two attached hydrogens (primary N) is 1. The van der Waals surface area contributed by atoms with Crippen molar-refractivity contribution in [2.45, 2.75) is 19.1 Å². The molecule has 1 aliphatic heterocycles. The van der Waals surface area contributed by atoms with Crippen LogP contribution in [0.5, 0.6) is 5.75 Å². The molecule has 2 aromatic rings. The van der Waals surface area contributed by atoms with E-state index in [1.54, 1.807) is 17.0 Å². The van der Waals surface area contributed by atoms with Crippen LogP contribution in [0.15, 0.2) is 40.8 Å². The molecular weight excluding hydrogens is 287 g/mol. The van der Waals surface area contributed by atoms with Gasteiger partial charge >= 0.3 is 0 Å². The number of carbonyl (C=O) groups is 1. The van der Waals surface area contributed by atoms with E-state index in [4.69, 9.17) is 14.9 Å². The molecule has 1 aliphatic rings. The molecule has 1 aromatic heterocycles. The third-order valence-electron chi connectivity index (χ3n) is 3.58. The van der Waals surface area contributed by atoms with Crippen LogP contribution in [0.2, 0.25) is 0 Å². The Balaban J connectivity index is 1.59. The van der Waals surface area contributed by atoms with Crippen molar-refractivity contribution in [3.8, 4) is 5.75 Å². The highest BCUT2D eigenvalue weighted by atomic mass is 19.1. The predicted molar refractivity (Wildman–Crippen MR) is 77.9 cm³/mol. The van der Waals surface area contributed by atoms with E-state index in [9.17, 15) is 9.18 Å². The maximum atomic E-state index is 12.8. The van der Waals surface area contributed by atoms with Crippen LogP contribution in [-0.2, 0) is 6.61 Å². The summed E-state index contributed by atoms with van der Waals surface area (Å²) in [4.78, 5) is 13.9. The number of furan rings is 1. The van der Waals surface area contributed by atoms with E-state index in [0.29, 0.717) is 24.6 Å². The molecule has 2 heterocycles. The highest BCUT2D eigenvalue weighted by Gasteiger charge is 2.26. The Kier molecular flexibility index (Phi) is 4.11. The standard InChI is InChI=1S/C16H17FN2O3/c17-11-1-3-13(4-2-11)21-10-14-5-6-15(22-14)16(20)19-8-7-12(18)9-19/h1-6,12H,7-10,18H2/t12-/m1/s1. The molecule has 2 N–H and O–H groups in total. The number of ether oxygens (including phenoxy) is 1. The second-order valence-electron chi connectivity index (χ2n) is 5.31. The minimum Gasteiger partial charge on any atom is -0.486 e. The van der Waals surface area contributed by atoms with E-state index in [-0.39, 0.29) is 30.1 Å². The van der Waals surface area contributed by atoms with E-state index in [0.717, 1.165) is 6.42 Å². The van der Waals surface area contributed by atoms with Gasteiger partial charge in [-0.2, -0.15) is 0 Å². The first kappa shape index (κ1) is 14.6. The number of halogens is 1. The van der Waals surface area contributed by atoms with Gasteiger partial charge in [0.2, 0.25) is 0 Å². The first-order chi connectivity index (χ1) is 10.6. The van der Waals surface area contributed by atoms with Gasteiger partial charge in [0, 0.05) is 19.1 Å². The van der Waals surface area contributed by atoms with E-state index >= 15 is 0 Å². The summed E-state index contributed by atoms with van der Waals surface area (Å²) in [7, 11) is 0. The van der Waals surface area contributed by atoms with Crippen molar-refractivity contribution in [3.63, 3.8) is 0 Å². The molecular formula is C16H17FN2O3. The van der Waals surface area contributed by atoms with Crippen molar-refractivity contribution < 1.29 is 18.3 Å². The number of carbonyl (C=O) groups excluding carboxylic acids is 1. The van der Waals surface area contributed by atoms with E-state index < -0.39 is 0 Å². The number of likely N-dealkylation sites (tertiary alicyclic amines) is 1. The van der Waals surface area contributed by atoms with Crippen molar-refractivity contribution in [1.82, 2.24) is 4.90 Å². The zero-order valence-corrected chi connectivity index (χ0v) is 12.0. The third kappa shape index (κ3) is 3.28. The second-order valence-corrected chi connectivity index (χ2v) is 5.31. The van der Waals surface area contributed by atoms with Crippen molar-refractivity contribution in [2.24, 2.45) is 5.73 Å². The molecule has 1 fully saturated rings. The van der Waals surface area contributed by atoms with Gasteiger partial charge in [0.25, 0.3) is 5.91 Å². The Morgan fingerprint density at radius 2 is 2.09 bits per heavy atom. The molecule has 1 saturated heterocycles. The molecule has 3 rings (SSSR count). The molecule has 1 aromatic carbocycles. The number of benzene rings is 1. The van der Waals surface area contributed by atoms with Gasteiger partial charge in [0.15, 0.2) is 5.76 Å². The zero-order valence-electron chi connectivity index (χ0n) is 12.0. The fourth-order valence-corrected chi connectivity index (χ4v) is 2.38. The Labute approximate surface area is 127 Å². The van der Waals surface area contributed by atoms with Crippen LogP contribution in [0.3, 0.4) is 0 Å². The average molecular weight is 304 g/mol. The lowest BCUT2D eigenvalue weighted by Crippen LogP contribution is -2.31. The van der Waals surface area contributed by atoms with Crippen LogP contribution in [0.4, 0.5) is 4.39 Å². The molecule has 0 aliphatic carbocycles. The van der Waals surface area contributed by atoms with E-state index in [2.05, 4.69) is 0 Å². The smallest absolute Gasteiger partial charge is 0.289 e. The molecule has 0 saturated carbocycles. The van der Waals surface area contributed by atoms with Gasteiger partial charge in [-0.1, -0.05) is 0 Å². The first-order valence-electron chi connectivity index (χ1n) is 7.14. The van der Waals surface area contributed by atoms with Gasteiger partial charge in [-0.15, -0.1) is 0 Å². The molecule has 5 nitrogen and oxygen atoms in total. The van der Waals surface area contributed by atoms with Crippen molar-refractivity contribution in [1.29, 1.82) is 0 Å². The number of amides is 1. The summed E-state index contributed by atoms with van der Waals surface area (Å²) in [5.41, 5.74) is 5.80. The molecule has 6 heteroatoms. The first-order valence-corrected chi connectivity index (χ1v) is 7.14. The largest absolute Gasteiger partial charge is 0.486 e. The topological polar surface area (TPSA) is 68.7 Å². The fourth-order valence-electron chi connectivity index (χ4n) is 2.38. The Bertz CT molecular complexity index is 654. The normalized spacial score (nSPS) is 17.7. The summed E-state index contributed by atoms with van der Waals surface area (Å²) >= 11 is 0. The summed E-state index contributed by atoms with van der Waals surface area (Å²) in [5, 5.41) is 0. The fraction of sp³-hybridized carbons (Fsp3) is 0.312. The molecule has 116 valence electrons. The zero-order chi connectivity index (χ0) is 15.5. The molecule has 0 unspecified atom stereocenters. The summed E-state index contributed by atoms with van der Waals surface area (Å²) in [6.07, 6.45) is 0.812. The maximum absolute atomic E-state index is 12.8. The van der Waals surface area contributed by atoms with Crippen LogP contribution < -0.4 is 10.5 Å². The van der Waals surface area contributed by atoms with Crippen molar-refractivity contribution in [2.75, 3.05) is 13.1 Å². The van der Waals surface area contributed by atoms with Gasteiger partial charge in [-0.25, -0.2) is 4.39 Å². The molecule has 1 atom stereocenters. The average Bonchev–Trinajstić information content (AvgIpc) is 3.15. The summed E-state index contributed by atoms with van der Waals surface area (Å²) in [5.74, 6) is 0.891. The summed E-state index contributed by atoms with van der Waals surface area (Å²) < 4.78 is 23.8. The van der Waals surface area contributed by atoms with Gasteiger partial charge in [-0.05, 0) is 42.8 Å². The Hall–Kier alpha value is -2.34. The molecule has 1 amide bonds. The van der Waals surface area contributed by atoms with Gasteiger partial charge in [0.1, 0.15) is 23.9 Å². The number of hydrogen-bond donors (Lipinski definition) is 1. The number of rotatable bonds is 4. The van der Waals surface area contributed by atoms with Gasteiger partial charge in [-0.3, -0.25) is 4.79 Å². The molecule has 0 radical (unpaired) electrons. The lowest BCUT2D eigenvalue weighted by Gasteiger charge is -2.13. The Morgan fingerprint density at radius 1 is 1.32 bits per heavy atom. The second kappa shape index (κ2) is 6.19. The van der Waals surface area contributed by atoms with Gasteiger partial charge in [0.05, 0.1) is 0 Å². The van der Waals surface area contributed by atoms with Crippen LogP contribution in [-0.4, -0.2) is 29.9 Å². The van der Waals surface area contributed by atoms with Crippen molar-refractivity contribution >= 4 is 5.91 Å². The molecule has 22 heavy (non-hydrogen) atoms. The number of nitrogens with zero attached hydrogens (tertiary/aromatic N) is 1. The lowest BCUT2D eigenvalue weighted by atomic mass is 10.3. The maximum Gasteiger partial charge on any atom is 0.289 e. The molecule has 0 bridgehead atoms. The van der Waals surface area contributed by atoms with E-state index in [1.165, 1.54) is 24.3 Å². The Morgan fingerprint density at radius 3 is 2.77 bits per heavy atom. The van der Waals surface area contributed by atoms with Gasteiger partial charge < -0.3 is 19.8 Å². The molecule has 0 spiro atoms. The highest BCUT2D eigenvalue weighted by Crippen LogP contribution is 2.17. The summed E-state index contributed by atoms with van der Waals surface area (Å²) in [6, 6.07) is 9.10. The minimum absolute atomic E-state index is 0.0418. The quantitative estimate of drug-likeness (QED) is 0.940. The van der Waals surface area contributed by atoms with Crippen LogP contribution in [0.25, 0.3) is 0 Å². The highest BCUT2D eigenvalue weighted by molar-refractivity contribution is 5.91. The third-order valence-corrected chi connectivity index (χ3v) is 3.58. The van der Waals surface area contributed by atoms with Crippen molar-refractivity contribution in [3.05, 3.63) is 53.7 Å². The predicted octanol–water partition coefficient (Wildman–Crippen LogP) is 2.17.